The molecule has 1 aliphatic heterocycles. The fourth-order valence-corrected chi connectivity index (χ4v) is 2.41. The first-order valence-electron chi connectivity index (χ1n) is 7.13. The molecule has 1 heterocycles. The molecule has 0 aromatic heterocycles. The molecular weight excluding hydrogens is 196 g/mol. The first-order valence-corrected chi connectivity index (χ1v) is 7.13. The van der Waals surface area contributed by atoms with Gasteiger partial charge in [0.15, 0.2) is 0 Å². The lowest BCUT2D eigenvalue weighted by Gasteiger charge is -2.32. The van der Waals surface area contributed by atoms with Crippen LogP contribution in [0.3, 0.4) is 0 Å². The van der Waals surface area contributed by atoms with Crippen LogP contribution in [0.15, 0.2) is 0 Å². The van der Waals surface area contributed by atoms with Gasteiger partial charge in [-0.05, 0) is 57.8 Å². The van der Waals surface area contributed by atoms with Gasteiger partial charge in [-0.25, -0.2) is 0 Å². The summed E-state index contributed by atoms with van der Waals surface area (Å²) in [5.74, 6) is 1.71. The molecule has 0 aromatic carbocycles. The van der Waals surface area contributed by atoms with Crippen LogP contribution < -0.4 is 5.32 Å². The van der Waals surface area contributed by atoms with Gasteiger partial charge < -0.3 is 10.2 Å². The third-order valence-corrected chi connectivity index (χ3v) is 4.38. The van der Waals surface area contributed by atoms with Gasteiger partial charge in [-0.3, -0.25) is 0 Å². The Kier molecular flexibility index (Phi) is 6.37. The highest BCUT2D eigenvalue weighted by Crippen LogP contribution is 2.16. The van der Waals surface area contributed by atoms with E-state index < -0.39 is 0 Å². The van der Waals surface area contributed by atoms with Gasteiger partial charge in [-0.15, -0.1) is 0 Å². The number of nitrogens with zero attached hydrogens (tertiary/aromatic N) is 1. The molecule has 0 radical (unpaired) electrons. The van der Waals surface area contributed by atoms with E-state index in [9.17, 15) is 0 Å². The lowest BCUT2D eigenvalue weighted by molar-refractivity contribution is 0.185. The maximum absolute atomic E-state index is 3.72. The van der Waals surface area contributed by atoms with Crippen molar-refractivity contribution < 1.29 is 0 Å². The Morgan fingerprint density at radius 1 is 1.19 bits per heavy atom. The van der Waals surface area contributed by atoms with E-state index in [0.29, 0.717) is 6.04 Å². The Bertz CT molecular complexity index is 174. The lowest BCUT2D eigenvalue weighted by atomic mass is 9.95. The molecule has 0 amide bonds. The van der Waals surface area contributed by atoms with Gasteiger partial charge in [0.1, 0.15) is 0 Å². The van der Waals surface area contributed by atoms with Gasteiger partial charge in [-0.2, -0.15) is 0 Å². The number of rotatable bonds is 6. The third-order valence-electron chi connectivity index (χ3n) is 4.38. The van der Waals surface area contributed by atoms with E-state index >= 15 is 0 Å². The smallest absolute Gasteiger partial charge is 0.00643 e. The average molecular weight is 226 g/mol. The van der Waals surface area contributed by atoms with E-state index in [0.717, 1.165) is 11.8 Å². The predicted octanol–water partition coefficient (Wildman–Crippen LogP) is 2.74. The zero-order chi connectivity index (χ0) is 12.0. The van der Waals surface area contributed by atoms with Gasteiger partial charge >= 0.3 is 0 Å². The molecule has 1 saturated heterocycles. The summed E-state index contributed by atoms with van der Waals surface area (Å²) in [5.41, 5.74) is 0. The minimum atomic E-state index is 0.675. The first-order chi connectivity index (χ1) is 7.67. The number of piperidine rings is 1. The molecule has 96 valence electrons. The number of hydrogen-bond donors (Lipinski definition) is 1. The van der Waals surface area contributed by atoms with Crippen LogP contribution in [0.25, 0.3) is 0 Å². The Labute approximate surface area is 102 Å². The van der Waals surface area contributed by atoms with Gasteiger partial charge in [0, 0.05) is 6.04 Å². The van der Waals surface area contributed by atoms with Gasteiger partial charge in [0.25, 0.3) is 0 Å². The molecule has 0 bridgehead atoms. The molecule has 2 atom stereocenters. The molecule has 16 heavy (non-hydrogen) atoms. The summed E-state index contributed by atoms with van der Waals surface area (Å²) in [5, 5.41) is 3.72. The molecule has 1 N–H and O–H groups in total. The summed E-state index contributed by atoms with van der Waals surface area (Å²) in [6.07, 6.45) is 4.05. The van der Waals surface area contributed by atoms with Crippen molar-refractivity contribution in [2.45, 2.75) is 53.0 Å². The van der Waals surface area contributed by atoms with Crippen LogP contribution in [0, 0.1) is 11.8 Å². The summed E-state index contributed by atoms with van der Waals surface area (Å²) in [6, 6.07) is 0.675. The maximum Gasteiger partial charge on any atom is 0.00643 e. The number of nitrogens with one attached hydrogen (secondary N) is 1. The van der Waals surface area contributed by atoms with Crippen molar-refractivity contribution in [3.63, 3.8) is 0 Å². The third kappa shape index (κ3) is 4.42. The SMILES string of the molecule is CCC(C)C(C)NCC1CCN(CC)CC1. The fraction of sp³-hybridized carbons (Fsp3) is 1.00. The average Bonchev–Trinajstić information content (AvgIpc) is 2.35. The molecular formula is C14H30N2. The zero-order valence-electron chi connectivity index (χ0n) is 11.6. The molecule has 0 aromatic rings. The second-order valence-electron chi connectivity index (χ2n) is 5.46. The molecule has 1 aliphatic rings. The van der Waals surface area contributed by atoms with Crippen LogP contribution in [0.2, 0.25) is 0 Å². The predicted molar refractivity (Wildman–Crippen MR) is 71.8 cm³/mol. The quantitative estimate of drug-likeness (QED) is 0.749. The second-order valence-corrected chi connectivity index (χ2v) is 5.46. The Morgan fingerprint density at radius 3 is 2.31 bits per heavy atom. The van der Waals surface area contributed by atoms with Crippen molar-refractivity contribution in [1.82, 2.24) is 10.2 Å². The van der Waals surface area contributed by atoms with Crippen LogP contribution in [0.1, 0.15) is 47.0 Å². The van der Waals surface area contributed by atoms with Crippen molar-refractivity contribution in [2.75, 3.05) is 26.2 Å². The van der Waals surface area contributed by atoms with Gasteiger partial charge in [-0.1, -0.05) is 27.2 Å². The van der Waals surface area contributed by atoms with Crippen LogP contribution >= 0.6 is 0 Å². The summed E-state index contributed by atoms with van der Waals surface area (Å²) >= 11 is 0. The summed E-state index contributed by atoms with van der Waals surface area (Å²) in [7, 11) is 0. The van der Waals surface area contributed by atoms with Crippen molar-refractivity contribution in [2.24, 2.45) is 11.8 Å². The van der Waals surface area contributed by atoms with E-state index in [4.69, 9.17) is 0 Å². The molecule has 2 heteroatoms. The Balaban J connectivity index is 2.14. The van der Waals surface area contributed by atoms with Crippen molar-refractivity contribution in [3.05, 3.63) is 0 Å². The summed E-state index contributed by atoms with van der Waals surface area (Å²) in [4.78, 5) is 2.56. The Morgan fingerprint density at radius 2 is 1.81 bits per heavy atom. The van der Waals surface area contributed by atoms with E-state index in [2.05, 4.69) is 37.9 Å². The van der Waals surface area contributed by atoms with Crippen LogP contribution in [0.4, 0.5) is 0 Å². The van der Waals surface area contributed by atoms with E-state index in [1.165, 1.54) is 45.4 Å². The molecule has 2 nitrogen and oxygen atoms in total. The lowest BCUT2D eigenvalue weighted by Crippen LogP contribution is -2.40. The van der Waals surface area contributed by atoms with Gasteiger partial charge in [0.2, 0.25) is 0 Å². The van der Waals surface area contributed by atoms with Gasteiger partial charge in [0.05, 0.1) is 0 Å². The van der Waals surface area contributed by atoms with Crippen molar-refractivity contribution >= 4 is 0 Å². The van der Waals surface area contributed by atoms with Crippen LogP contribution in [-0.4, -0.2) is 37.1 Å². The zero-order valence-corrected chi connectivity index (χ0v) is 11.6. The normalized spacial score (nSPS) is 23.2. The highest BCUT2D eigenvalue weighted by Gasteiger charge is 2.19. The topological polar surface area (TPSA) is 15.3 Å². The van der Waals surface area contributed by atoms with E-state index in [1.807, 2.05) is 0 Å². The fourth-order valence-electron chi connectivity index (χ4n) is 2.41. The minimum absolute atomic E-state index is 0.675. The molecule has 1 fully saturated rings. The monoisotopic (exact) mass is 226 g/mol. The number of likely N-dealkylation sites (tertiary alicyclic amines) is 1. The first kappa shape index (κ1) is 14.0. The van der Waals surface area contributed by atoms with E-state index in [1.54, 1.807) is 0 Å². The maximum atomic E-state index is 3.72. The highest BCUT2D eigenvalue weighted by molar-refractivity contribution is 4.75. The minimum Gasteiger partial charge on any atom is -0.314 e. The molecule has 0 spiro atoms. The molecule has 0 saturated carbocycles. The molecule has 1 rings (SSSR count). The molecule has 0 aliphatic carbocycles. The summed E-state index contributed by atoms with van der Waals surface area (Å²) in [6.45, 7) is 14.3. The standard InChI is InChI=1S/C14H30N2/c1-5-12(3)13(4)15-11-14-7-9-16(6-2)10-8-14/h12-15H,5-11H2,1-4H3. The van der Waals surface area contributed by atoms with E-state index in [-0.39, 0.29) is 0 Å². The number of hydrogen-bond acceptors (Lipinski definition) is 2. The second kappa shape index (κ2) is 7.29. The largest absolute Gasteiger partial charge is 0.314 e. The van der Waals surface area contributed by atoms with Crippen LogP contribution in [-0.2, 0) is 0 Å². The van der Waals surface area contributed by atoms with Crippen molar-refractivity contribution in [3.8, 4) is 0 Å². The highest BCUT2D eigenvalue weighted by atomic mass is 15.1. The Hall–Kier alpha value is -0.0800. The summed E-state index contributed by atoms with van der Waals surface area (Å²) < 4.78 is 0. The van der Waals surface area contributed by atoms with Crippen molar-refractivity contribution in [1.29, 1.82) is 0 Å². The molecule has 2 unspecified atom stereocenters. The van der Waals surface area contributed by atoms with Crippen LogP contribution in [0.5, 0.6) is 0 Å².